The summed E-state index contributed by atoms with van der Waals surface area (Å²) in [6.45, 7) is 2.14. The molecule has 1 atom stereocenters. The molecule has 9 nitrogen and oxygen atoms in total. The van der Waals surface area contributed by atoms with E-state index in [1.165, 1.54) is 29.6 Å². The molecule has 0 bridgehead atoms. The Morgan fingerprint density at radius 3 is 2.48 bits per heavy atom. The van der Waals surface area contributed by atoms with Crippen LogP contribution in [0.25, 0.3) is 10.4 Å². The molecule has 1 amide bonds. The average Bonchev–Trinajstić information content (AvgIpc) is 3.37. The first-order valence-electron chi connectivity index (χ1n) is 14.0. The minimum absolute atomic E-state index is 0.0121. The van der Waals surface area contributed by atoms with Gasteiger partial charge < -0.3 is 14.4 Å². The van der Waals surface area contributed by atoms with Crippen LogP contribution in [0.4, 0.5) is 26.2 Å². The summed E-state index contributed by atoms with van der Waals surface area (Å²) >= 11 is 0.890. The van der Waals surface area contributed by atoms with Crippen LogP contribution in [0.1, 0.15) is 48.7 Å². The van der Waals surface area contributed by atoms with Gasteiger partial charge in [0.15, 0.2) is 0 Å². The summed E-state index contributed by atoms with van der Waals surface area (Å²) in [7, 11) is -1.24. The van der Waals surface area contributed by atoms with Crippen molar-refractivity contribution < 1.29 is 31.9 Å². The predicted octanol–water partition coefficient (Wildman–Crippen LogP) is 6.63. The molecule has 1 aliphatic carbocycles. The van der Waals surface area contributed by atoms with Crippen molar-refractivity contribution in [3.05, 3.63) is 59.2 Å². The molecular weight excluding hydrogens is 581 g/mol. The molecule has 0 spiro atoms. The Balaban J connectivity index is 1.66. The maximum atomic E-state index is 16.0. The number of amides is 1. The van der Waals surface area contributed by atoms with Crippen molar-refractivity contribution in [3.8, 4) is 10.4 Å². The van der Waals surface area contributed by atoms with E-state index in [0.29, 0.717) is 6.54 Å². The number of carbonyl (C=O) groups excluding carboxylic acids is 2. The fourth-order valence-corrected chi connectivity index (χ4v) is 8.49. The summed E-state index contributed by atoms with van der Waals surface area (Å²) in [4.78, 5) is 26.8. The molecule has 5 rings (SSSR count). The summed E-state index contributed by atoms with van der Waals surface area (Å²) in [6, 6.07) is 13.1. The van der Waals surface area contributed by atoms with Gasteiger partial charge in [-0.05, 0) is 56.0 Å². The molecule has 1 saturated carbocycles. The summed E-state index contributed by atoms with van der Waals surface area (Å²) < 4.78 is 55.7. The lowest BCUT2D eigenvalue weighted by Crippen LogP contribution is -2.46. The first-order chi connectivity index (χ1) is 20.1. The number of benzene rings is 2. The molecule has 2 aromatic carbocycles. The molecule has 224 valence electrons. The molecule has 12 heteroatoms. The standard InChI is InChI=1S/C30H34FN3O6S2/c1-4-40-30(36)32-23-17-26(41-28(23)29(35)39-3)21-15-27-24(16-22(21)31)34(20-13-9-6-10-14-20)18-25(33(2)42(27,37)38)19-11-7-5-8-12-19/h6,9-10,13-17,19,25H,4-5,7-8,11-12,18H2,1-3H3,(H,32,36)/t25-/m0/s1. The number of methoxy groups -OCH3 is 1. The van der Waals surface area contributed by atoms with Gasteiger partial charge in [-0.1, -0.05) is 37.5 Å². The van der Waals surface area contributed by atoms with Crippen LogP contribution in [0.2, 0.25) is 0 Å². The molecule has 0 unspecified atom stereocenters. The van der Waals surface area contributed by atoms with E-state index in [1.807, 2.05) is 35.2 Å². The van der Waals surface area contributed by atoms with Crippen LogP contribution >= 0.6 is 11.3 Å². The highest BCUT2D eigenvalue weighted by Crippen LogP contribution is 2.45. The zero-order chi connectivity index (χ0) is 30.0. The number of sulfonamides is 1. The number of likely N-dealkylation sites (N-methyl/N-ethyl adjacent to an activating group) is 1. The number of hydrogen-bond acceptors (Lipinski definition) is 8. The Morgan fingerprint density at radius 1 is 1.10 bits per heavy atom. The molecule has 1 aliphatic heterocycles. The monoisotopic (exact) mass is 615 g/mol. The Morgan fingerprint density at radius 2 is 1.81 bits per heavy atom. The summed E-state index contributed by atoms with van der Waals surface area (Å²) in [5.41, 5.74) is 1.09. The van der Waals surface area contributed by atoms with Crippen molar-refractivity contribution in [1.29, 1.82) is 0 Å². The molecule has 1 N–H and O–H groups in total. The van der Waals surface area contributed by atoms with Crippen molar-refractivity contribution in [2.45, 2.75) is 50.0 Å². The van der Waals surface area contributed by atoms with E-state index < -0.39 is 27.9 Å². The molecular formula is C30H34FN3O6S2. The van der Waals surface area contributed by atoms with Crippen molar-refractivity contribution in [2.24, 2.45) is 5.92 Å². The number of thiophene rings is 1. The van der Waals surface area contributed by atoms with Gasteiger partial charge in [-0.15, -0.1) is 11.3 Å². The van der Waals surface area contributed by atoms with Crippen LogP contribution in [-0.2, 0) is 19.5 Å². The Labute approximate surface area is 249 Å². The highest BCUT2D eigenvalue weighted by molar-refractivity contribution is 7.89. The number of nitrogens with one attached hydrogen (secondary N) is 1. The van der Waals surface area contributed by atoms with Gasteiger partial charge in [-0.3, -0.25) is 5.32 Å². The van der Waals surface area contributed by atoms with Gasteiger partial charge in [0.05, 0.1) is 25.1 Å². The molecule has 3 aromatic rings. The molecule has 1 fully saturated rings. The maximum absolute atomic E-state index is 16.0. The quantitative estimate of drug-likeness (QED) is 0.310. The smallest absolute Gasteiger partial charge is 0.411 e. The predicted molar refractivity (Wildman–Crippen MR) is 160 cm³/mol. The van der Waals surface area contributed by atoms with Gasteiger partial charge >= 0.3 is 12.1 Å². The number of para-hydroxylation sites is 1. The number of fused-ring (bicyclic) bond motifs is 1. The third kappa shape index (κ3) is 5.75. The van der Waals surface area contributed by atoms with Crippen LogP contribution in [0.3, 0.4) is 0 Å². The number of ether oxygens (including phenoxy) is 2. The normalized spacial score (nSPS) is 19.0. The largest absolute Gasteiger partial charge is 0.465 e. The van der Waals surface area contributed by atoms with Gasteiger partial charge in [-0.2, -0.15) is 4.31 Å². The summed E-state index contributed by atoms with van der Waals surface area (Å²) in [6.07, 6.45) is 4.32. The van der Waals surface area contributed by atoms with Crippen LogP contribution in [0, 0.1) is 11.7 Å². The Hall–Kier alpha value is -3.48. The molecule has 42 heavy (non-hydrogen) atoms. The average molecular weight is 616 g/mol. The molecule has 0 saturated heterocycles. The van der Waals surface area contributed by atoms with E-state index in [1.54, 1.807) is 14.0 Å². The van der Waals surface area contributed by atoms with Gasteiger partial charge in [0.25, 0.3) is 0 Å². The molecule has 0 radical (unpaired) electrons. The topological polar surface area (TPSA) is 105 Å². The van der Waals surface area contributed by atoms with E-state index >= 15 is 4.39 Å². The van der Waals surface area contributed by atoms with Gasteiger partial charge in [0.2, 0.25) is 10.0 Å². The van der Waals surface area contributed by atoms with Crippen LogP contribution < -0.4 is 10.2 Å². The number of halogens is 1. The second kappa shape index (κ2) is 12.4. The van der Waals surface area contributed by atoms with Gasteiger partial charge in [0, 0.05) is 35.8 Å². The number of nitrogens with zero attached hydrogens (tertiary/aromatic N) is 2. The van der Waals surface area contributed by atoms with E-state index in [2.05, 4.69) is 5.32 Å². The lowest BCUT2D eigenvalue weighted by Gasteiger charge is -2.36. The highest BCUT2D eigenvalue weighted by atomic mass is 32.2. The first kappa shape index (κ1) is 30.0. The van der Waals surface area contributed by atoms with E-state index in [4.69, 9.17) is 9.47 Å². The molecule has 2 heterocycles. The van der Waals surface area contributed by atoms with Crippen molar-refractivity contribution in [3.63, 3.8) is 0 Å². The minimum atomic E-state index is -4.05. The molecule has 1 aromatic heterocycles. The maximum Gasteiger partial charge on any atom is 0.411 e. The lowest BCUT2D eigenvalue weighted by molar-refractivity contribution is 0.0607. The zero-order valence-electron chi connectivity index (χ0n) is 23.8. The van der Waals surface area contributed by atoms with Crippen molar-refractivity contribution in [2.75, 3.05) is 37.5 Å². The second-order valence-corrected chi connectivity index (χ2v) is 13.4. The second-order valence-electron chi connectivity index (χ2n) is 10.4. The number of hydrogen-bond donors (Lipinski definition) is 1. The van der Waals surface area contributed by atoms with Gasteiger partial charge in [-0.25, -0.2) is 22.4 Å². The zero-order valence-corrected chi connectivity index (χ0v) is 25.4. The minimum Gasteiger partial charge on any atom is -0.465 e. The Bertz CT molecular complexity index is 1570. The lowest BCUT2D eigenvalue weighted by atomic mass is 9.83. The number of esters is 1. The molecule has 2 aliphatic rings. The summed E-state index contributed by atoms with van der Waals surface area (Å²) in [5, 5.41) is 2.49. The van der Waals surface area contributed by atoms with Gasteiger partial charge in [0.1, 0.15) is 15.6 Å². The van der Waals surface area contributed by atoms with Crippen LogP contribution in [-0.4, -0.2) is 58.1 Å². The number of rotatable bonds is 6. The number of anilines is 3. The van der Waals surface area contributed by atoms with Crippen molar-refractivity contribution >= 4 is 50.5 Å². The van der Waals surface area contributed by atoms with E-state index in [9.17, 15) is 18.0 Å². The fraction of sp³-hybridized carbons (Fsp3) is 0.400. The van der Waals surface area contributed by atoms with Crippen LogP contribution in [0.5, 0.6) is 0 Å². The highest BCUT2D eigenvalue weighted by Gasteiger charge is 2.41. The third-order valence-corrected chi connectivity index (χ3v) is 11.0. The van der Waals surface area contributed by atoms with E-state index in [0.717, 1.165) is 49.1 Å². The van der Waals surface area contributed by atoms with Crippen molar-refractivity contribution in [1.82, 2.24) is 4.31 Å². The van der Waals surface area contributed by atoms with Crippen LogP contribution in [0.15, 0.2) is 53.4 Å². The fourth-order valence-electron chi connectivity index (χ4n) is 5.84. The summed E-state index contributed by atoms with van der Waals surface area (Å²) in [5.74, 6) is -1.21. The number of carbonyl (C=O) groups is 2. The third-order valence-electron chi connectivity index (χ3n) is 7.98. The van der Waals surface area contributed by atoms with E-state index in [-0.39, 0.29) is 50.2 Å². The Kier molecular flexibility index (Phi) is 8.86. The SMILES string of the molecule is CCOC(=O)Nc1cc(-c2cc3c(cc2F)N(c2ccccc2)C[C@@H](C2CCCCC2)N(C)S3(=O)=O)sc1C(=O)OC. The first-order valence-corrected chi connectivity index (χ1v) is 16.2.